The number of aromatic amines is 2. The predicted molar refractivity (Wildman–Crippen MR) is 228 cm³/mol. The summed E-state index contributed by atoms with van der Waals surface area (Å²) in [5.74, 6) is 1.15. The van der Waals surface area contributed by atoms with Gasteiger partial charge >= 0.3 is 12.2 Å². The highest BCUT2D eigenvalue weighted by Gasteiger charge is 2.55. The zero-order valence-electron chi connectivity index (χ0n) is 35.6. The predicted octanol–water partition coefficient (Wildman–Crippen LogP) is 7.44. The number of imidazole rings is 2. The number of rotatable bonds is 8. The Kier molecular flexibility index (Phi) is 12.5. The summed E-state index contributed by atoms with van der Waals surface area (Å²) in [6, 6.07) is 14.9. The molecule has 324 valence electrons. The molecular formula is C46H58N8O7. The number of carbonyl (C=O) groups is 4. The molecule has 2 aromatic heterocycles. The first kappa shape index (κ1) is 42.0. The van der Waals surface area contributed by atoms with Gasteiger partial charge in [-0.1, -0.05) is 81.6 Å². The van der Waals surface area contributed by atoms with Gasteiger partial charge in [-0.3, -0.25) is 9.59 Å². The Labute approximate surface area is 356 Å². The fourth-order valence-electron chi connectivity index (χ4n) is 9.25. The van der Waals surface area contributed by atoms with Crippen molar-refractivity contribution in [3.63, 3.8) is 0 Å². The normalized spacial score (nSPS) is 22.0. The van der Waals surface area contributed by atoms with E-state index in [1.807, 2.05) is 29.8 Å². The minimum atomic E-state index is -0.692. The second-order valence-electron chi connectivity index (χ2n) is 17.5. The molecule has 1 saturated carbocycles. The lowest BCUT2D eigenvalue weighted by Crippen LogP contribution is -2.51. The van der Waals surface area contributed by atoms with Crippen molar-refractivity contribution in [3.8, 4) is 33.6 Å². The van der Waals surface area contributed by atoms with Crippen LogP contribution in [0.2, 0.25) is 0 Å². The number of fused-ring (bicyclic) bond motifs is 4. The van der Waals surface area contributed by atoms with Gasteiger partial charge in [0.05, 0.1) is 56.2 Å². The van der Waals surface area contributed by atoms with Crippen molar-refractivity contribution in [2.24, 2.45) is 11.3 Å². The summed E-state index contributed by atoms with van der Waals surface area (Å²) in [4.78, 5) is 72.8. The molecule has 4 amide bonds. The minimum Gasteiger partial charge on any atom is -0.453 e. The van der Waals surface area contributed by atoms with E-state index in [0.29, 0.717) is 32.7 Å². The molecule has 3 fully saturated rings. The monoisotopic (exact) mass is 834 g/mol. The maximum Gasteiger partial charge on any atom is 0.407 e. The average molecular weight is 835 g/mol. The molecule has 4 aliphatic rings. The summed E-state index contributed by atoms with van der Waals surface area (Å²) < 4.78 is 15.9. The summed E-state index contributed by atoms with van der Waals surface area (Å²) in [7, 11) is 2.62. The van der Waals surface area contributed by atoms with Crippen LogP contribution < -0.4 is 10.6 Å². The third-order valence-corrected chi connectivity index (χ3v) is 12.9. The Morgan fingerprint density at radius 3 is 2.21 bits per heavy atom. The van der Waals surface area contributed by atoms with E-state index in [0.717, 1.165) is 109 Å². The van der Waals surface area contributed by atoms with Gasteiger partial charge in [0, 0.05) is 25.3 Å². The first-order chi connectivity index (χ1) is 29.6. The Balaban J connectivity index is 0.990. The second kappa shape index (κ2) is 18.1. The molecule has 8 rings (SSSR count). The zero-order chi connectivity index (χ0) is 42.7. The van der Waals surface area contributed by atoms with Gasteiger partial charge < -0.3 is 44.6 Å². The molecule has 2 saturated heterocycles. The maximum atomic E-state index is 14.2. The van der Waals surface area contributed by atoms with Crippen molar-refractivity contribution >= 4 is 24.0 Å². The first-order valence-corrected chi connectivity index (χ1v) is 21.8. The number of hydrogen-bond donors (Lipinski definition) is 4. The van der Waals surface area contributed by atoms with Crippen LogP contribution in [-0.2, 0) is 30.4 Å². The van der Waals surface area contributed by atoms with Crippen LogP contribution >= 0.6 is 0 Å². The van der Waals surface area contributed by atoms with Crippen LogP contribution in [0.25, 0.3) is 33.6 Å². The number of hydrogen-bond acceptors (Lipinski definition) is 9. The third-order valence-electron chi connectivity index (χ3n) is 12.9. The van der Waals surface area contributed by atoms with Gasteiger partial charge in [0.2, 0.25) is 11.8 Å². The maximum absolute atomic E-state index is 14.2. The van der Waals surface area contributed by atoms with Crippen LogP contribution in [0.3, 0.4) is 0 Å². The zero-order valence-corrected chi connectivity index (χ0v) is 35.6. The summed E-state index contributed by atoms with van der Waals surface area (Å²) in [6.07, 6.45) is 9.42. The van der Waals surface area contributed by atoms with Crippen LogP contribution in [0.5, 0.6) is 0 Å². The lowest BCUT2D eigenvalue weighted by atomic mass is 10.0. The number of likely N-dealkylation sites (tertiary alicyclic amines) is 1. The number of methoxy groups -OCH3 is 2. The van der Waals surface area contributed by atoms with E-state index in [1.165, 1.54) is 14.2 Å². The van der Waals surface area contributed by atoms with E-state index in [-0.39, 0.29) is 35.2 Å². The molecule has 15 nitrogen and oxygen atoms in total. The molecule has 4 aromatic rings. The van der Waals surface area contributed by atoms with E-state index in [1.54, 1.807) is 0 Å². The fourth-order valence-corrected chi connectivity index (χ4v) is 9.25. The number of aromatic nitrogens is 4. The topological polar surface area (TPSA) is 184 Å². The number of amides is 4. The molecule has 0 unspecified atom stereocenters. The largest absolute Gasteiger partial charge is 0.453 e. The Morgan fingerprint density at radius 2 is 1.52 bits per heavy atom. The first-order valence-electron chi connectivity index (χ1n) is 21.8. The van der Waals surface area contributed by atoms with Crippen LogP contribution in [0.4, 0.5) is 9.59 Å². The van der Waals surface area contributed by atoms with E-state index in [9.17, 15) is 19.2 Å². The number of benzene rings is 2. The lowest BCUT2D eigenvalue weighted by molar-refractivity contribution is -0.136. The highest BCUT2D eigenvalue weighted by molar-refractivity contribution is 5.87. The van der Waals surface area contributed by atoms with Crippen molar-refractivity contribution in [2.75, 3.05) is 33.9 Å². The molecule has 61 heavy (non-hydrogen) atoms. The molecule has 0 radical (unpaired) electrons. The molecule has 4 N–H and O–H groups in total. The van der Waals surface area contributed by atoms with Gasteiger partial charge in [-0.05, 0) is 73.0 Å². The van der Waals surface area contributed by atoms with Crippen molar-refractivity contribution in [2.45, 2.75) is 109 Å². The molecule has 2 bridgehead atoms. The number of ether oxygens (including phenoxy) is 3. The number of alkyl carbamates (subject to hydrolysis) is 2. The number of nitrogens with one attached hydrogen (secondary N) is 4. The number of carbonyl (C=O) groups excluding carboxylic acids is 4. The molecule has 15 heteroatoms. The highest BCUT2D eigenvalue weighted by atomic mass is 16.5. The lowest BCUT2D eigenvalue weighted by Gasteiger charge is -2.30. The van der Waals surface area contributed by atoms with Crippen molar-refractivity contribution in [1.29, 1.82) is 0 Å². The van der Waals surface area contributed by atoms with Crippen molar-refractivity contribution in [1.82, 2.24) is 40.4 Å². The molecule has 2 aromatic carbocycles. The highest BCUT2D eigenvalue weighted by Crippen LogP contribution is 2.58. The average Bonchev–Trinajstić information content (AvgIpc) is 3.76. The third kappa shape index (κ3) is 9.17. The molecule has 5 heterocycles. The van der Waals surface area contributed by atoms with Crippen LogP contribution in [0, 0.1) is 11.3 Å². The Morgan fingerprint density at radius 1 is 0.836 bits per heavy atom. The smallest absolute Gasteiger partial charge is 0.407 e. The van der Waals surface area contributed by atoms with Gasteiger partial charge in [-0.2, -0.15) is 0 Å². The van der Waals surface area contributed by atoms with E-state index >= 15 is 0 Å². The van der Waals surface area contributed by atoms with Crippen LogP contribution in [0.1, 0.15) is 107 Å². The number of nitrogens with zero attached hydrogens (tertiary/aromatic N) is 4. The van der Waals surface area contributed by atoms with E-state index < -0.39 is 24.3 Å². The van der Waals surface area contributed by atoms with Gasteiger partial charge in [0.25, 0.3) is 0 Å². The fraction of sp³-hybridized carbons (Fsp3) is 0.522. The van der Waals surface area contributed by atoms with Gasteiger partial charge in [-0.25, -0.2) is 19.6 Å². The molecule has 1 spiro atoms. The van der Waals surface area contributed by atoms with Gasteiger partial charge in [0.1, 0.15) is 23.7 Å². The van der Waals surface area contributed by atoms with Gasteiger partial charge in [0.15, 0.2) is 0 Å². The van der Waals surface area contributed by atoms with Crippen LogP contribution in [-0.4, -0.2) is 99.7 Å². The standard InChI is InChI=1S/C46H58N8O7/c1-28(2)38(52-45(58)60-4)43(56)53-22-9-11-36(53)40-47-25-34(48-40)31-16-12-29(13-17-31)30-14-18-32(19-15-30)39-35-26-61-23-8-6-5-7-10-33(50-44(57)59-3)42(55)54-27-46(20-21-46)24-37(54)41(49-35)51-39/h12-19,25,28,33,36-38H,5-11,20-24,26-27H2,1-4H3,(H,47,48)(H,49,51)(H,50,57)(H,52,58)/t33-,36-,37-,38-/m0/s1. The molecule has 1 aliphatic carbocycles. The second-order valence-corrected chi connectivity index (χ2v) is 17.5. The molecule has 4 atom stereocenters. The van der Waals surface area contributed by atoms with E-state index in [4.69, 9.17) is 24.2 Å². The Bertz CT molecular complexity index is 2190. The summed E-state index contributed by atoms with van der Waals surface area (Å²) in [6.45, 7) is 6.07. The van der Waals surface area contributed by atoms with Crippen molar-refractivity contribution in [3.05, 3.63) is 72.1 Å². The minimum absolute atomic E-state index is 0.0771. The quantitative estimate of drug-likeness (QED) is 0.140. The number of H-pyrrole nitrogens is 2. The Hall–Kier alpha value is -5.70. The van der Waals surface area contributed by atoms with Crippen LogP contribution in [0.15, 0.2) is 54.7 Å². The van der Waals surface area contributed by atoms with Gasteiger partial charge in [-0.15, -0.1) is 0 Å². The summed E-state index contributed by atoms with van der Waals surface area (Å²) >= 11 is 0. The molecule has 3 aliphatic heterocycles. The van der Waals surface area contributed by atoms with E-state index in [2.05, 4.69) is 69.1 Å². The molecular weight excluding hydrogens is 777 g/mol. The summed E-state index contributed by atoms with van der Waals surface area (Å²) in [5, 5.41) is 5.53. The summed E-state index contributed by atoms with van der Waals surface area (Å²) in [5.41, 5.74) is 6.69. The SMILES string of the molecule is COC(=O)N[C@H]1CCCCCCOCc2[nH]c(nc2-c2ccc(-c3ccc(-c4cnc([C@@H]5CCCN5C(=O)[C@@H](NC(=O)OC)C(C)C)[nH]4)cc3)cc2)[C@@H]2CC3(CC3)CN2C1=O. The van der Waals surface area contributed by atoms with Crippen molar-refractivity contribution < 1.29 is 33.4 Å².